The van der Waals surface area contributed by atoms with Crippen molar-refractivity contribution >= 4 is 12.0 Å². The monoisotopic (exact) mass is 283 g/mol. The first-order valence-corrected chi connectivity index (χ1v) is 7.47. The number of urea groups is 1. The Bertz CT molecular complexity index is 361. The first kappa shape index (κ1) is 15.1. The van der Waals surface area contributed by atoms with Crippen molar-refractivity contribution in [2.24, 2.45) is 5.92 Å². The van der Waals surface area contributed by atoms with E-state index >= 15 is 0 Å². The normalized spacial score (nSPS) is 20.2. The van der Waals surface area contributed by atoms with Gasteiger partial charge < -0.3 is 14.9 Å². The van der Waals surface area contributed by atoms with Crippen molar-refractivity contribution in [1.29, 1.82) is 0 Å². The van der Waals surface area contributed by atoms with Gasteiger partial charge in [0.05, 0.1) is 0 Å². The van der Waals surface area contributed by atoms with Crippen molar-refractivity contribution in [2.75, 3.05) is 39.3 Å². The zero-order valence-corrected chi connectivity index (χ0v) is 12.4. The molecule has 1 saturated heterocycles. The molecule has 6 heteroatoms. The van der Waals surface area contributed by atoms with Gasteiger partial charge in [0, 0.05) is 38.8 Å². The Morgan fingerprint density at radius 2 is 1.80 bits per heavy atom. The number of piperazine rings is 1. The lowest BCUT2D eigenvalue weighted by Gasteiger charge is -2.38. The van der Waals surface area contributed by atoms with E-state index in [0.717, 1.165) is 25.6 Å². The molecule has 1 heterocycles. The fourth-order valence-electron chi connectivity index (χ4n) is 2.59. The fourth-order valence-corrected chi connectivity index (χ4v) is 2.59. The summed E-state index contributed by atoms with van der Waals surface area (Å²) < 4.78 is 0. The molecule has 0 aromatic heterocycles. The lowest BCUT2D eigenvalue weighted by Crippen LogP contribution is -2.55. The number of hydrogen-bond donors (Lipinski definition) is 1. The van der Waals surface area contributed by atoms with E-state index in [0.29, 0.717) is 13.1 Å². The number of amides is 2. The minimum atomic E-state index is -0.959. The summed E-state index contributed by atoms with van der Waals surface area (Å²) in [6, 6.07) is -0.239. The molecule has 0 bridgehead atoms. The van der Waals surface area contributed by atoms with Gasteiger partial charge >= 0.3 is 12.0 Å². The number of carbonyl (C=O) groups is 2. The molecule has 0 spiro atoms. The minimum absolute atomic E-state index is 0.0944. The molecular formula is C14H25N3O3. The van der Waals surface area contributed by atoms with E-state index in [2.05, 4.69) is 4.90 Å². The van der Waals surface area contributed by atoms with Crippen LogP contribution in [0.4, 0.5) is 4.79 Å². The molecule has 1 aliphatic heterocycles. The third-order valence-corrected chi connectivity index (χ3v) is 4.03. The average molecular weight is 283 g/mol. The fraction of sp³-hybridized carbons (Fsp3) is 0.857. The van der Waals surface area contributed by atoms with Crippen LogP contribution in [-0.2, 0) is 4.79 Å². The van der Waals surface area contributed by atoms with Crippen LogP contribution in [0.15, 0.2) is 0 Å². The maximum atomic E-state index is 12.4. The Kier molecular flexibility index (Phi) is 4.86. The topological polar surface area (TPSA) is 64.1 Å². The van der Waals surface area contributed by atoms with E-state index in [1.165, 1.54) is 17.7 Å². The van der Waals surface area contributed by atoms with Gasteiger partial charge in [-0.1, -0.05) is 0 Å². The molecule has 0 atom stereocenters. The standard InChI is InChI=1S/C14H25N3O3/c1-11(2)17(10-13(18)19)14(20)16-7-5-15(6-8-16)9-12-3-4-12/h11-12H,3-10H2,1-2H3,(H,18,19). The van der Waals surface area contributed by atoms with Gasteiger partial charge in [-0.2, -0.15) is 0 Å². The van der Waals surface area contributed by atoms with Gasteiger partial charge in [-0.15, -0.1) is 0 Å². The van der Waals surface area contributed by atoms with Crippen LogP contribution in [0.5, 0.6) is 0 Å². The van der Waals surface area contributed by atoms with Crippen LogP contribution in [0.25, 0.3) is 0 Å². The molecular weight excluding hydrogens is 258 g/mol. The van der Waals surface area contributed by atoms with Crippen molar-refractivity contribution in [3.63, 3.8) is 0 Å². The highest BCUT2D eigenvalue weighted by Crippen LogP contribution is 2.29. The number of carboxylic acid groups (broad SMARTS) is 1. The molecule has 2 fully saturated rings. The molecule has 1 saturated carbocycles. The summed E-state index contributed by atoms with van der Waals surface area (Å²) in [4.78, 5) is 28.9. The maximum absolute atomic E-state index is 12.4. The lowest BCUT2D eigenvalue weighted by atomic mass is 10.2. The van der Waals surface area contributed by atoms with Gasteiger partial charge in [0.15, 0.2) is 0 Å². The third kappa shape index (κ3) is 4.10. The Morgan fingerprint density at radius 1 is 1.20 bits per heavy atom. The van der Waals surface area contributed by atoms with Crippen LogP contribution in [0.3, 0.4) is 0 Å². The van der Waals surface area contributed by atoms with E-state index in [1.54, 1.807) is 4.90 Å². The highest BCUT2D eigenvalue weighted by atomic mass is 16.4. The van der Waals surface area contributed by atoms with Crippen LogP contribution < -0.4 is 0 Å². The first-order chi connectivity index (χ1) is 9.47. The molecule has 1 N–H and O–H groups in total. The van der Waals surface area contributed by atoms with Crippen LogP contribution in [0, 0.1) is 5.92 Å². The van der Waals surface area contributed by atoms with E-state index in [-0.39, 0.29) is 18.6 Å². The quantitative estimate of drug-likeness (QED) is 0.815. The van der Waals surface area contributed by atoms with Gasteiger partial charge in [0.1, 0.15) is 6.54 Å². The van der Waals surface area contributed by atoms with E-state index in [9.17, 15) is 9.59 Å². The van der Waals surface area contributed by atoms with Crippen molar-refractivity contribution in [2.45, 2.75) is 32.7 Å². The highest BCUT2D eigenvalue weighted by molar-refractivity contribution is 5.80. The number of carboxylic acids is 1. The van der Waals surface area contributed by atoms with Gasteiger partial charge in [0.2, 0.25) is 0 Å². The van der Waals surface area contributed by atoms with E-state index in [1.807, 2.05) is 13.8 Å². The second-order valence-electron chi connectivity index (χ2n) is 6.13. The van der Waals surface area contributed by atoms with Crippen LogP contribution in [0.1, 0.15) is 26.7 Å². The Morgan fingerprint density at radius 3 is 2.25 bits per heavy atom. The predicted molar refractivity (Wildman–Crippen MR) is 75.6 cm³/mol. The minimum Gasteiger partial charge on any atom is -0.480 e. The molecule has 2 rings (SSSR count). The van der Waals surface area contributed by atoms with Crippen molar-refractivity contribution in [3.8, 4) is 0 Å². The molecule has 0 radical (unpaired) electrons. The average Bonchev–Trinajstić information content (AvgIpc) is 3.19. The number of carbonyl (C=O) groups excluding carboxylic acids is 1. The number of nitrogens with zero attached hydrogens (tertiary/aromatic N) is 3. The smallest absolute Gasteiger partial charge is 0.323 e. The molecule has 0 aromatic rings. The number of rotatable bonds is 5. The maximum Gasteiger partial charge on any atom is 0.323 e. The summed E-state index contributed by atoms with van der Waals surface area (Å²) in [6.07, 6.45) is 2.69. The summed E-state index contributed by atoms with van der Waals surface area (Å²) in [5, 5.41) is 8.91. The molecule has 0 aromatic carbocycles. The summed E-state index contributed by atoms with van der Waals surface area (Å²) in [5.41, 5.74) is 0. The summed E-state index contributed by atoms with van der Waals surface area (Å²) in [5.74, 6) is -0.0872. The van der Waals surface area contributed by atoms with Gasteiger partial charge in [-0.3, -0.25) is 9.69 Å². The van der Waals surface area contributed by atoms with Gasteiger partial charge in [-0.25, -0.2) is 4.79 Å². The van der Waals surface area contributed by atoms with Crippen molar-refractivity contribution in [3.05, 3.63) is 0 Å². The SMILES string of the molecule is CC(C)N(CC(=O)O)C(=O)N1CCN(CC2CC2)CC1. The highest BCUT2D eigenvalue weighted by Gasteiger charge is 2.30. The predicted octanol–water partition coefficient (Wildman–Crippen LogP) is 0.929. The van der Waals surface area contributed by atoms with Crippen LogP contribution >= 0.6 is 0 Å². The largest absolute Gasteiger partial charge is 0.480 e. The zero-order chi connectivity index (χ0) is 14.7. The summed E-state index contributed by atoms with van der Waals surface area (Å²) in [6.45, 7) is 7.85. The molecule has 1 aliphatic carbocycles. The Hall–Kier alpha value is -1.30. The third-order valence-electron chi connectivity index (χ3n) is 4.03. The van der Waals surface area contributed by atoms with Crippen LogP contribution in [-0.4, -0.2) is 77.1 Å². The Balaban J connectivity index is 1.83. The van der Waals surface area contributed by atoms with E-state index in [4.69, 9.17) is 5.11 Å². The van der Waals surface area contributed by atoms with Crippen molar-refractivity contribution < 1.29 is 14.7 Å². The molecule has 0 unspecified atom stereocenters. The van der Waals surface area contributed by atoms with Crippen LogP contribution in [0.2, 0.25) is 0 Å². The number of aliphatic carboxylic acids is 1. The second-order valence-corrected chi connectivity index (χ2v) is 6.13. The summed E-state index contributed by atoms with van der Waals surface area (Å²) >= 11 is 0. The summed E-state index contributed by atoms with van der Waals surface area (Å²) in [7, 11) is 0. The molecule has 2 aliphatic rings. The Labute approximate surface area is 120 Å². The first-order valence-electron chi connectivity index (χ1n) is 7.47. The second kappa shape index (κ2) is 6.43. The zero-order valence-electron chi connectivity index (χ0n) is 12.4. The molecule has 20 heavy (non-hydrogen) atoms. The molecule has 6 nitrogen and oxygen atoms in total. The van der Waals surface area contributed by atoms with Crippen molar-refractivity contribution in [1.82, 2.24) is 14.7 Å². The number of hydrogen-bond acceptors (Lipinski definition) is 3. The van der Waals surface area contributed by atoms with E-state index < -0.39 is 5.97 Å². The molecule has 114 valence electrons. The van der Waals surface area contributed by atoms with Gasteiger partial charge in [0.25, 0.3) is 0 Å². The van der Waals surface area contributed by atoms with Gasteiger partial charge in [-0.05, 0) is 32.6 Å². The lowest BCUT2D eigenvalue weighted by molar-refractivity contribution is -0.138. The molecule has 2 amide bonds.